The SMILES string of the molecule is C=C(C(=N)C(Cc1cc(F)cc(F)c1)NC(=O)Cn1nc(C(F)F)c2c1C(F)(F)CCC2(F)F)c1ccc2cc[nH]c(=O)c2c1. The minimum Gasteiger partial charge on any atom is -0.346 e. The van der Waals surface area contributed by atoms with Crippen molar-refractivity contribution in [2.45, 2.75) is 50.1 Å². The molecule has 15 heteroatoms. The van der Waals surface area contributed by atoms with Gasteiger partial charge in [-0.1, -0.05) is 18.7 Å². The van der Waals surface area contributed by atoms with Crippen LogP contribution in [-0.2, 0) is 29.6 Å². The Kier molecular flexibility index (Phi) is 8.14. The fourth-order valence-electron chi connectivity index (χ4n) is 5.34. The third kappa shape index (κ3) is 6.24. The summed E-state index contributed by atoms with van der Waals surface area (Å²) in [4.78, 5) is 27.9. The van der Waals surface area contributed by atoms with Gasteiger partial charge < -0.3 is 15.7 Å². The Morgan fingerprint density at radius 2 is 1.71 bits per heavy atom. The number of hydrogen-bond acceptors (Lipinski definition) is 4. The fourth-order valence-corrected chi connectivity index (χ4v) is 5.34. The van der Waals surface area contributed by atoms with Crippen molar-refractivity contribution in [1.82, 2.24) is 20.1 Å². The third-order valence-corrected chi connectivity index (χ3v) is 7.44. The Labute approximate surface area is 249 Å². The summed E-state index contributed by atoms with van der Waals surface area (Å²) in [6.07, 6.45) is -5.43. The number of fused-ring (bicyclic) bond motifs is 2. The molecule has 1 amide bonds. The number of carbonyl (C=O) groups is 1. The van der Waals surface area contributed by atoms with Gasteiger partial charge in [0.25, 0.3) is 23.8 Å². The van der Waals surface area contributed by atoms with Crippen LogP contribution in [0.2, 0.25) is 0 Å². The molecule has 3 N–H and O–H groups in total. The lowest BCUT2D eigenvalue weighted by molar-refractivity contribution is -0.123. The maximum Gasteiger partial charge on any atom is 0.290 e. The first-order valence-corrected chi connectivity index (χ1v) is 13.4. The lowest BCUT2D eigenvalue weighted by Crippen LogP contribution is -2.44. The maximum atomic E-state index is 14.8. The normalized spacial score (nSPS) is 15.9. The van der Waals surface area contributed by atoms with Gasteiger partial charge in [0.1, 0.15) is 29.6 Å². The molecule has 5 rings (SSSR count). The van der Waals surface area contributed by atoms with E-state index in [2.05, 4.69) is 22.0 Å². The van der Waals surface area contributed by atoms with E-state index in [4.69, 9.17) is 5.41 Å². The number of aromatic amines is 1. The van der Waals surface area contributed by atoms with Crippen LogP contribution in [0.1, 0.15) is 47.3 Å². The van der Waals surface area contributed by atoms with Crippen molar-refractivity contribution in [3.63, 3.8) is 0 Å². The smallest absolute Gasteiger partial charge is 0.290 e. The van der Waals surface area contributed by atoms with Gasteiger partial charge in [-0.3, -0.25) is 14.3 Å². The van der Waals surface area contributed by atoms with E-state index in [0.29, 0.717) is 11.5 Å². The van der Waals surface area contributed by atoms with E-state index in [1.807, 2.05) is 0 Å². The number of halogens is 8. The zero-order valence-corrected chi connectivity index (χ0v) is 23.0. The van der Waals surface area contributed by atoms with Gasteiger partial charge in [0.15, 0.2) is 0 Å². The van der Waals surface area contributed by atoms with Crippen LogP contribution in [0.3, 0.4) is 0 Å². The van der Waals surface area contributed by atoms with Crippen molar-refractivity contribution >= 4 is 28.0 Å². The van der Waals surface area contributed by atoms with E-state index in [9.17, 15) is 44.7 Å². The van der Waals surface area contributed by atoms with Crippen LogP contribution in [0, 0.1) is 17.0 Å². The van der Waals surface area contributed by atoms with E-state index in [-0.39, 0.29) is 26.8 Å². The average molecular weight is 638 g/mol. The number of hydrogen-bond donors (Lipinski definition) is 3. The molecular formula is C30H23F8N5O2. The lowest BCUT2D eigenvalue weighted by atomic mass is 9.89. The van der Waals surface area contributed by atoms with E-state index in [1.165, 1.54) is 18.3 Å². The number of nitrogens with one attached hydrogen (secondary N) is 3. The summed E-state index contributed by atoms with van der Waals surface area (Å²) in [5.74, 6) is -11.2. The Bertz CT molecular complexity index is 1880. The van der Waals surface area contributed by atoms with E-state index in [0.717, 1.165) is 12.1 Å². The van der Waals surface area contributed by atoms with Crippen LogP contribution in [-0.4, -0.2) is 32.4 Å². The van der Waals surface area contributed by atoms with Gasteiger partial charge >= 0.3 is 0 Å². The quantitative estimate of drug-likeness (QED) is 0.147. The Morgan fingerprint density at radius 3 is 2.38 bits per heavy atom. The molecule has 0 bridgehead atoms. The predicted molar refractivity (Wildman–Crippen MR) is 148 cm³/mol. The zero-order chi connectivity index (χ0) is 32.8. The molecule has 1 unspecified atom stereocenters. The molecule has 0 saturated heterocycles. The number of benzene rings is 2. The lowest BCUT2D eigenvalue weighted by Gasteiger charge is -2.29. The van der Waals surface area contributed by atoms with Crippen LogP contribution < -0.4 is 10.9 Å². The molecule has 0 radical (unpaired) electrons. The highest BCUT2D eigenvalue weighted by molar-refractivity contribution is 6.25. The molecule has 7 nitrogen and oxygen atoms in total. The second kappa shape index (κ2) is 11.6. The number of amides is 1. The first kappa shape index (κ1) is 31.6. The van der Waals surface area contributed by atoms with Gasteiger partial charge in [-0.05, 0) is 52.8 Å². The van der Waals surface area contributed by atoms with Gasteiger partial charge in [-0.15, -0.1) is 0 Å². The highest BCUT2D eigenvalue weighted by Crippen LogP contribution is 2.52. The zero-order valence-electron chi connectivity index (χ0n) is 23.0. The number of rotatable bonds is 9. The summed E-state index contributed by atoms with van der Waals surface area (Å²) in [6, 6.07) is 7.16. The molecule has 0 saturated carbocycles. The molecule has 4 aromatic rings. The number of carbonyl (C=O) groups excluding carboxylic acids is 1. The first-order chi connectivity index (χ1) is 21.1. The average Bonchev–Trinajstić information content (AvgIpc) is 3.36. The van der Waals surface area contributed by atoms with Gasteiger partial charge in [0, 0.05) is 30.5 Å². The minimum absolute atomic E-state index is 0.0343. The number of alkyl halides is 6. The van der Waals surface area contributed by atoms with Gasteiger partial charge in [0.05, 0.1) is 17.3 Å². The summed E-state index contributed by atoms with van der Waals surface area (Å²) < 4.78 is 114. The van der Waals surface area contributed by atoms with E-state index >= 15 is 0 Å². The third-order valence-electron chi connectivity index (χ3n) is 7.44. The second-order valence-corrected chi connectivity index (χ2v) is 10.6. The van der Waals surface area contributed by atoms with Crippen molar-refractivity contribution in [3.8, 4) is 0 Å². The van der Waals surface area contributed by atoms with Crippen molar-refractivity contribution in [2.75, 3.05) is 0 Å². The Balaban J connectivity index is 1.49. The van der Waals surface area contributed by atoms with Crippen LogP contribution in [0.25, 0.3) is 16.3 Å². The number of aromatic nitrogens is 3. The van der Waals surface area contributed by atoms with E-state index < -0.39 is 95.9 Å². The monoisotopic (exact) mass is 637 g/mol. The molecule has 2 aromatic heterocycles. The number of nitrogens with zero attached hydrogens (tertiary/aromatic N) is 2. The minimum atomic E-state index is -4.05. The summed E-state index contributed by atoms with van der Waals surface area (Å²) in [5.41, 5.74) is -5.42. The molecule has 1 atom stereocenters. The molecule has 2 heterocycles. The summed E-state index contributed by atoms with van der Waals surface area (Å²) in [6.45, 7) is 2.62. The number of pyridine rings is 1. The van der Waals surface area contributed by atoms with E-state index in [1.54, 1.807) is 12.1 Å². The molecule has 1 aliphatic rings. The fraction of sp³-hybridized carbons (Fsp3) is 0.267. The summed E-state index contributed by atoms with van der Waals surface area (Å²) in [7, 11) is 0. The first-order valence-electron chi connectivity index (χ1n) is 13.4. The van der Waals surface area contributed by atoms with Crippen LogP contribution in [0.5, 0.6) is 0 Å². The van der Waals surface area contributed by atoms with Crippen molar-refractivity contribution in [2.24, 2.45) is 0 Å². The number of H-pyrrole nitrogens is 1. The molecule has 2 aromatic carbocycles. The highest BCUT2D eigenvalue weighted by atomic mass is 19.3. The molecule has 45 heavy (non-hydrogen) atoms. The maximum absolute atomic E-state index is 14.8. The van der Waals surface area contributed by atoms with Gasteiger partial charge in [-0.2, -0.15) is 13.9 Å². The molecule has 236 valence electrons. The van der Waals surface area contributed by atoms with Crippen molar-refractivity contribution in [3.05, 3.63) is 105 Å². The highest BCUT2D eigenvalue weighted by Gasteiger charge is 2.55. The molecule has 0 fully saturated rings. The topological polar surface area (TPSA) is 104 Å². The predicted octanol–water partition coefficient (Wildman–Crippen LogP) is 6.38. The molecule has 0 spiro atoms. The van der Waals surface area contributed by atoms with Crippen LogP contribution in [0.4, 0.5) is 35.1 Å². The second-order valence-electron chi connectivity index (χ2n) is 10.6. The van der Waals surface area contributed by atoms with Gasteiger partial charge in [-0.25, -0.2) is 26.3 Å². The molecule has 0 aliphatic heterocycles. The van der Waals surface area contributed by atoms with Crippen LogP contribution >= 0.6 is 0 Å². The van der Waals surface area contributed by atoms with Crippen LogP contribution in [0.15, 0.2) is 60.0 Å². The van der Waals surface area contributed by atoms with Gasteiger partial charge in [0.2, 0.25) is 5.91 Å². The van der Waals surface area contributed by atoms with Crippen molar-refractivity contribution in [1.29, 1.82) is 5.41 Å². The Morgan fingerprint density at radius 1 is 1.04 bits per heavy atom. The summed E-state index contributed by atoms with van der Waals surface area (Å²) >= 11 is 0. The largest absolute Gasteiger partial charge is 0.346 e. The van der Waals surface area contributed by atoms with Crippen molar-refractivity contribution < 1.29 is 39.9 Å². The standard InChI is InChI=1S/C30H23F8N5O2/c1-14(17-3-2-16-4-7-40-28(45)20(16)11-17)24(39)21(10-15-8-18(31)12-19(32)9-15)41-22(44)13-43-26-23(25(42-43)27(33)34)29(35,36)5-6-30(26,37)38/h2-4,7-9,11-12,21,27,39H,1,5-6,10,13H2,(H,40,45)(H,41,44). The molecular weight excluding hydrogens is 614 g/mol. The Hall–Kier alpha value is -4.82. The summed E-state index contributed by atoms with van der Waals surface area (Å²) in [5, 5.41) is 15.2. The molecule has 1 aliphatic carbocycles.